The Morgan fingerprint density at radius 2 is 1.81 bits per heavy atom. The molecular weight excluding hydrogens is 404 g/mol. The number of aliphatic hydroxyl groups excluding tert-OH is 3. The average molecular weight is 447 g/mol. The predicted molar refractivity (Wildman–Crippen MR) is 120 cm³/mol. The predicted octanol–water partition coefficient (Wildman–Crippen LogP) is 3.66. The number of ether oxygens (including phenoxy) is 2. The van der Waals surface area contributed by atoms with Gasteiger partial charge >= 0.3 is 0 Å². The van der Waals surface area contributed by atoms with E-state index in [0.717, 1.165) is 38.7 Å². The maximum absolute atomic E-state index is 11.8. The van der Waals surface area contributed by atoms with Crippen LogP contribution in [0.2, 0.25) is 0 Å². The lowest BCUT2D eigenvalue weighted by atomic mass is 9.46. The van der Waals surface area contributed by atoms with Crippen LogP contribution >= 0.6 is 0 Å². The average Bonchev–Trinajstić information content (AvgIpc) is 3.15. The Bertz CT molecular complexity index is 802. The maximum Gasteiger partial charge on any atom is 0.171 e. The van der Waals surface area contributed by atoms with Crippen molar-refractivity contribution in [1.82, 2.24) is 0 Å². The summed E-state index contributed by atoms with van der Waals surface area (Å²) in [7, 11) is 0. The van der Waals surface area contributed by atoms with E-state index in [1.54, 1.807) is 0 Å². The van der Waals surface area contributed by atoms with Gasteiger partial charge in [-0.25, -0.2) is 0 Å². The van der Waals surface area contributed by atoms with Crippen LogP contribution < -0.4 is 0 Å². The normalized spacial score (nSPS) is 61.5. The van der Waals surface area contributed by atoms with Crippen LogP contribution in [0.25, 0.3) is 0 Å². The largest absolute Gasteiger partial charge is 0.393 e. The van der Waals surface area contributed by atoms with Gasteiger partial charge in [0, 0.05) is 30.1 Å². The minimum absolute atomic E-state index is 0.0292. The van der Waals surface area contributed by atoms with Gasteiger partial charge in [0.1, 0.15) is 0 Å². The summed E-state index contributed by atoms with van der Waals surface area (Å²) in [5, 5.41) is 33.2. The summed E-state index contributed by atoms with van der Waals surface area (Å²) < 4.78 is 13.1. The van der Waals surface area contributed by atoms with Crippen molar-refractivity contribution in [3.8, 4) is 0 Å². The van der Waals surface area contributed by atoms with E-state index >= 15 is 0 Å². The third kappa shape index (κ3) is 2.64. The molecular formula is C27H42O5. The van der Waals surface area contributed by atoms with E-state index in [2.05, 4.69) is 33.8 Å². The van der Waals surface area contributed by atoms with Gasteiger partial charge in [-0.05, 0) is 61.2 Å². The van der Waals surface area contributed by atoms with Crippen molar-refractivity contribution in [1.29, 1.82) is 0 Å². The first-order chi connectivity index (χ1) is 15.1. The van der Waals surface area contributed by atoms with Crippen molar-refractivity contribution in [2.24, 2.45) is 46.3 Å². The summed E-state index contributed by atoms with van der Waals surface area (Å²) in [6.07, 6.45) is 7.02. The zero-order chi connectivity index (χ0) is 22.6. The molecule has 6 aliphatic rings. The molecule has 0 aromatic heterocycles. The number of hydrogen-bond acceptors (Lipinski definition) is 5. The molecule has 0 radical (unpaired) electrons. The van der Waals surface area contributed by atoms with Gasteiger partial charge in [0.25, 0.3) is 0 Å². The lowest BCUT2D eigenvalue weighted by Gasteiger charge is -2.59. The van der Waals surface area contributed by atoms with Gasteiger partial charge in [0.2, 0.25) is 0 Å². The highest BCUT2D eigenvalue weighted by Gasteiger charge is 2.72. The molecule has 0 amide bonds. The molecule has 0 bridgehead atoms. The Hall–Kier alpha value is -0.460. The van der Waals surface area contributed by atoms with Crippen LogP contribution in [0, 0.1) is 46.3 Å². The van der Waals surface area contributed by atoms with E-state index in [9.17, 15) is 15.3 Å². The maximum atomic E-state index is 11.8. The third-order valence-electron chi connectivity index (χ3n) is 11.5. The lowest BCUT2D eigenvalue weighted by Crippen LogP contribution is -2.57. The Balaban J connectivity index is 1.33. The number of allylic oxidation sites excluding steroid dienone is 1. The highest BCUT2D eigenvalue weighted by molar-refractivity contribution is 5.29. The molecule has 3 saturated carbocycles. The van der Waals surface area contributed by atoms with Crippen molar-refractivity contribution in [2.45, 2.75) is 103 Å². The molecule has 0 unspecified atom stereocenters. The molecule has 5 heteroatoms. The molecule has 5 fully saturated rings. The number of aliphatic hydroxyl groups is 3. The fourth-order valence-electron chi connectivity index (χ4n) is 9.76. The fraction of sp³-hybridized carbons (Fsp3) is 0.926. The molecule has 0 aromatic carbocycles. The number of rotatable bonds is 0. The smallest absolute Gasteiger partial charge is 0.171 e. The molecule has 2 heterocycles. The molecule has 2 aliphatic heterocycles. The Kier molecular flexibility index (Phi) is 4.84. The van der Waals surface area contributed by atoms with Crippen molar-refractivity contribution in [2.75, 3.05) is 6.61 Å². The minimum Gasteiger partial charge on any atom is -0.393 e. The van der Waals surface area contributed by atoms with Crippen LogP contribution in [-0.2, 0) is 9.47 Å². The Labute approximate surface area is 192 Å². The van der Waals surface area contributed by atoms with Gasteiger partial charge in [-0.15, -0.1) is 0 Å². The fourth-order valence-corrected chi connectivity index (χ4v) is 9.76. The van der Waals surface area contributed by atoms with Crippen LogP contribution in [-0.4, -0.2) is 52.1 Å². The summed E-state index contributed by atoms with van der Waals surface area (Å²) in [5.41, 5.74) is 0.994. The van der Waals surface area contributed by atoms with Crippen molar-refractivity contribution < 1.29 is 24.8 Å². The summed E-state index contributed by atoms with van der Waals surface area (Å²) in [6, 6.07) is 0. The van der Waals surface area contributed by atoms with Gasteiger partial charge in [-0.2, -0.15) is 0 Å². The number of fused-ring (bicyclic) bond motifs is 7. The molecule has 2 saturated heterocycles. The molecule has 0 aromatic rings. The van der Waals surface area contributed by atoms with Crippen LogP contribution in [0.1, 0.15) is 72.6 Å². The first-order valence-corrected chi connectivity index (χ1v) is 13.2. The van der Waals surface area contributed by atoms with E-state index in [1.807, 2.05) is 0 Å². The zero-order valence-electron chi connectivity index (χ0n) is 20.2. The molecule has 1 spiro atoms. The molecule has 32 heavy (non-hydrogen) atoms. The van der Waals surface area contributed by atoms with Crippen LogP contribution in [0.4, 0.5) is 0 Å². The molecule has 13 atom stereocenters. The van der Waals surface area contributed by atoms with Crippen LogP contribution in [0.3, 0.4) is 0 Å². The van der Waals surface area contributed by atoms with E-state index in [-0.39, 0.29) is 28.8 Å². The molecule has 4 aliphatic carbocycles. The first-order valence-electron chi connectivity index (χ1n) is 13.2. The second kappa shape index (κ2) is 7.04. The van der Waals surface area contributed by atoms with Gasteiger partial charge < -0.3 is 24.8 Å². The second-order valence-electron chi connectivity index (χ2n) is 12.9. The van der Waals surface area contributed by atoms with Crippen molar-refractivity contribution in [3.63, 3.8) is 0 Å². The monoisotopic (exact) mass is 446 g/mol. The number of hydrogen-bond donors (Lipinski definition) is 3. The van der Waals surface area contributed by atoms with Crippen LogP contribution in [0.15, 0.2) is 11.6 Å². The lowest BCUT2D eigenvalue weighted by molar-refractivity contribution is -0.282. The topological polar surface area (TPSA) is 79.2 Å². The summed E-state index contributed by atoms with van der Waals surface area (Å²) in [5.74, 6) is 1.54. The van der Waals surface area contributed by atoms with Crippen LogP contribution in [0.5, 0.6) is 0 Å². The van der Waals surface area contributed by atoms with Gasteiger partial charge in [-0.3, -0.25) is 0 Å². The minimum atomic E-state index is -0.519. The summed E-state index contributed by atoms with van der Waals surface area (Å²) in [4.78, 5) is 0. The van der Waals surface area contributed by atoms with E-state index in [4.69, 9.17) is 9.47 Å². The summed E-state index contributed by atoms with van der Waals surface area (Å²) in [6.45, 7) is 9.93. The van der Waals surface area contributed by atoms with E-state index in [1.165, 1.54) is 5.57 Å². The van der Waals surface area contributed by atoms with Gasteiger partial charge in [-0.1, -0.05) is 39.3 Å². The Morgan fingerprint density at radius 1 is 1.03 bits per heavy atom. The van der Waals surface area contributed by atoms with Crippen molar-refractivity contribution >= 4 is 0 Å². The first kappa shape index (κ1) is 22.0. The molecule has 180 valence electrons. The Morgan fingerprint density at radius 3 is 2.53 bits per heavy atom. The van der Waals surface area contributed by atoms with E-state index < -0.39 is 24.1 Å². The van der Waals surface area contributed by atoms with Gasteiger partial charge in [0.15, 0.2) is 5.79 Å². The SMILES string of the molecule is C[C@@H]1CC[C@@]2(OC1)O[C@H]1[C@H](O)[C@H]3[C@@H]4CC=C5C[C@@H](O)C[C@@H](O)[C@]5(C)[C@H]4CC[C@]3(C)[C@H]1[C@@H]2C. The molecule has 5 nitrogen and oxygen atoms in total. The molecule has 3 N–H and O–H groups in total. The third-order valence-corrected chi connectivity index (χ3v) is 11.5. The van der Waals surface area contributed by atoms with Crippen molar-refractivity contribution in [3.05, 3.63) is 11.6 Å². The summed E-state index contributed by atoms with van der Waals surface area (Å²) >= 11 is 0. The standard InChI is InChI=1S/C27H42O5/c1-14-7-10-27(31-13-14)15(2)21-24(32-27)23(30)22-18-6-5-16-11-17(28)12-20(29)26(16,4)19(18)8-9-25(21,22)3/h5,14-15,17-24,28-30H,6-13H2,1-4H3/t14-,15+,17-,18-,19+,20-,21+,22-,23-,24-,25-,26+,27-/m1/s1. The highest BCUT2D eigenvalue weighted by Crippen LogP contribution is 2.70. The molecule has 6 rings (SSSR count). The van der Waals surface area contributed by atoms with E-state index in [0.29, 0.717) is 36.5 Å². The zero-order valence-corrected chi connectivity index (χ0v) is 20.2. The quantitative estimate of drug-likeness (QED) is 0.495. The second-order valence-corrected chi connectivity index (χ2v) is 12.9. The van der Waals surface area contributed by atoms with Gasteiger partial charge in [0.05, 0.1) is 31.0 Å². The highest BCUT2D eigenvalue weighted by atomic mass is 16.7.